The number of rotatable bonds is 9. The van der Waals surface area contributed by atoms with E-state index in [0.29, 0.717) is 33.8 Å². The molecule has 3 aromatic rings. The molecule has 1 aliphatic heterocycles. The number of phenolic OH excluding ortho intramolecular Hbond substituents is 1. The standard InChI is InChI=1S/C27H26BrN3O9S/c1-6-39-19-12-17(28)16(11-18(19)37-4)23-22(26(34)40-7-2)13(3)29-27-30(23)25(33)21(41-27)9-14-8-15(31(35)36)10-20(38-5)24(14)32/h8-12,23,32H,6-7H2,1-5H3/b21-9-/t23-/m0/s1. The summed E-state index contributed by atoms with van der Waals surface area (Å²) in [6.07, 6.45) is 1.32. The van der Waals surface area contributed by atoms with E-state index in [-0.39, 0.29) is 44.3 Å². The minimum Gasteiger partial charge on any atom is -0.504 e. The average molecular weight is 648 g/mol. The third kappa shape index (κ3) is 5.57. The molecule has 2 aromatic carbocycles. The van der Waals surface area contributed by atoms with Gasteiger partial charge in [-0.05, 0) is 44.5 Å². The molecule has 0 fully saturated rings. The zero-order valence-electron chi connectivity index (χ0n) is 22.7. The number of non-ortho nitro benzene ring substituents is 1. The van der Waals surface area contributed by atoms with Gasteiger partial charge < -0.3 is 24.1 Å². The number of allylic oxidation sites excluding steroid dienone is 1. The second-order valence-electron chi connectivity index (χ2n) is 8.60. The summed E-state index contributed by atoms with van der Waals surface area (Å²) in [5.74, 6) is -0.288. The summed E-state index contributed by atoms with van der Waals surface area (Å²) in [5, 5.41) is 22.1. The van der Waals surface area contributed by atoms with Gasteiger partial charge in [0, 0.05) is 16.1 Å². The van der Waals surface area contributed by atoms with Crippen molar-refractivity contribution in [1.82, 2.24) is 4.57 Å². The Balaban J connectivity index is 2.03. The maximum atomic E-state index is 13.9. The van der Waals surface area contributed by atoms with E-state index in [1.54, 1.807) is 26.0 Å². The number of esters is 1. The summed E-state index contributed by atoms with van der Waals surface area (Å²) in [7, 11) is 2.74. The van der Waals surface area contributed by atoms with Crippen LogP contribution in [0.1, 0.15) is 37.9 Å². The van der Waals surface area contributed by atoms with Gasteiger partial charge >= 0.3 is 5.97 Å². The zero-order chi connectivity index (χ0) is 30.0. The predicted molar refractivity (Wildman–Crippen MR) is 154 cm³/mol. The van der Waals surface area contributed by atoms with E-state index in [0.717, 1.165) is 23.5 Å². The van der Waals surface area contributed by atoms with Crippen LogP contribution >= 0.6 is 27.3 Å². The number of phenols is 1. The molecule has 1 atom stereocenters. The van der Waals surface area contributed by atoms with Gasteiger partial charge in [0.2, 0.25) is 0 Å². The Morgan fingerprint density at radius 1 is 1.17 bits per heavy atom. The van der Waals surface area contributed by atoms with E-state index in [4.69, 9.17) is 18.9 Å². The van der Waals surface area contributed by atoms with Crippen LogP contribution in [0.5, 0.6) is 23.0 Å². The lowest BCUT2D eigenvalue weighted by Gasteiger charge is -2.26. The van der Waals surface area contributed by atoms with Crippen molar-refractivity contribution >= 4 is 45.0 Å². The largest absolute Gasteiger partial charge is 0.504 e. The number of hydrogen-bond acceptors (Lipinski definition) is 11. The number of methoxy groups -OCH3 is 2. The van der Waals surface area contributed by atoms with Crippen molar-refractivity contribution in [2.75, 3.05) is 27.4 Å². The molecule has 4 rings (SSSR count). The first-order valence-corrected chi connectivity index (χ1v) is 13.9. The zero-order valence-corrected chi connectivity index (χ0v) is 25.1. The first-order valence-electron chi connectivity index (χ1n) is 12.3. The van der Waals surface area contributed by atoms with E-state index in [1.807, 2.05) is 6.92 Å². The minimum atomic E-state index is -0.973. The van der Waals surface area contributed by atoms with Crippen molar-refractivity contribution in [2.45, 2.75) is 26.8 Å². The van der Waals surface area contributed by atoms with Gasteiger partial charge in [-0.2, -0.15) is 0 Å². The first kappa shape index (κ1) is 29.8. The molecule has 0 spiro atoms. The number of nitrogens with zero attached hydrogens (tertiary/aromatic N) is 3. The van der Waals surface area contributed by atoms with E-state index in [1.165, 1.54) is 24.9 Å². The molecular formula is C27H26BrN3O9S. The Morgan fingerprint density at radius 3 is 2.49 bits per heavy atom. The number of benzene rings is 2. The number of carbonyl (C=O) groups excluding carboxylic acids is 1. The topological polar surface area (TPSA) is 152 Å². The van der Waals surface area contributed by atoms with Crippen LogP contribution in [0, 0.1) is 10.1 Å². The number of aromatic nitrogens is 1. The number of aromatic hydroxyl groups is 1. The van der Waals surface area contributed by atoms with Crippen LogP contribution in [-0.2, 0) is 9.53 Å². The van der Waals surface area contributed by atoms with Crippen LogP contribution in [0.4, 0.5) is 5.69 Å². The van der Waals surface area contributed by atoms with Crippen LogP contribution < -0.4 is 29.1 Å². The first-order chi connectivity index (χ1) is 19.6. The number of thiazole rings is 1. The molecule has 2 heterocycles. The van der Waals surface area contributed by atoms with Crippen LogP contribution in [-0.4, -0.2) is 48.0 Å². The monoisotopic (exact) mass is 647 g/mol. The molecule has 0 amide bonds. The summed E-state index contributed by atoms with van der Waals surface area (Å²) in [6.45, 7) is 5.65. The Bertz CT molecular complexity index is 1760. The predicted octanol–water partition coefficient (Wildman–Crippen LogP) is 3.59. The highest BCUT2D eigenvalue weighted by Crippen LogP contribution is 2.41. The summed E-state index contributed by atoms with van der Waals surface area (Å²) >= 11 is 4.56. The van der Waals surface area contributed by atoms with Crippen molar-refractivity contribution in [3.05, 3.63) is 80.9 Å². The van der Waals surface area contributed by atoms with Crippen molar-refractivity contribution in [3.63, 3.8) is 0 Å². The van der Waals surface area contributed by atoms with Crippen LogP contribution in [0.3, 0.4) is 0 Å². The summed E-state index contributed by atoms with van der Waals surface area (Å²) in [6, 6.07) is 4.61. The maximum Gasteiger partial charge on any atom is 0.338 e. The Morgan fingerprint density at radius 2 is 1.88 bits per heavy atom. The number of ether oxygens (including phenoxy) is 4. The SMILES string of the molecule is CCOC(=O)C1=C(C)N=c2s/c(=C\c3cc([N+](=O)[O-])cc(OC)c3O)c(=O)n2[C@H]1c1cc(OC)c(OCC)cc1Br. The minimum absolute atomic E-state index is 0.00288. The van der Waals surface area contributed by atoms with Gasteiger partial charge in [-0.25, -0.2) is 9.79 Å². The lowest BCUT2D eigenvalue weighted by Crippen LogP contribution is -2.40. The van der Waals surface area contributed by atoms with Crippen molar-refractivity contribution in [2.24, 2.45) is 4.99 Å². The lowest BCUT2D eigenvalue weighted by molar-refractivity contribution is -0.385. The van der Waals surface area contributed by atoms with Gasteiger partial charge in [0.25, 0.3) is 11.2 Å². The molecule has 0 radical (unpaired) electrons. The maximum absolute atomic E-state index is 13.9. The van der Waals surface area contributed by atoms with Crippen molar-refractivity contribution in [1.29, 1.82) is 0 Å². The Labute approximate surface area is 246 Å². The van der Waals surface area contributed by atoms with E-state index in [2.05, 4.69) is 20.9 Å². The summed E-state index contributed by atoms with van der Waals surface area (Å²) < 4.78 is 23.6. The number of fused-ring (bicyclic) bond motifs is 1. The van der Waals surface area contributed by atoms with Gasteiger partial charge in [-0.1, -0.05) is 27.3 Å². The Kier molecular flexibility index (Phi) is 8.83. The van der Waals surface area contributed by atoms with Gasteiger partial charge in [-0.3, -0.25) is 19.5 Å². The lowest BCUT2D eigenvalue weighted by atomic mass is 9.95. The molecule has 41 heavy (non-hydrogen) atoms. The van der Waals surface area contributed by atoms with Crippen LogP contribution in [0.2, 0.25) is 0 Å². The van der Waals surface area contributed by atoms with Gasteiger partial charge in [0.1, 0.15) is 0 Å². The van der Waals surface area contributed by atoms with E-state index < -0.39 is 22.5 Å². The van der Waals surface area contributed by atoms with E-state index in [9.17, 15) is 24.8 Å². The molecule has 0 unspecified atom stereocenters. The second kappa shape index (κ2) is 12.1. The fourth-order valence-electron chi connectivity index (χ4n) is 4.40. The molecule has 12 nitrogen and oxygen atoms in total. The summed E-state index contributed by atoms with van der Waals surface area (Å²) in [5.41, 5.74) is 0.136. The molecule has 0 saturated heterocycles. The fraction of sp³-hybridized carbons (Fsp3) is 0.296. The molecule has 14 heteroatoms. The smallest absolute Gasteiger partial charge is 0.338 e. The summed E-state index contributed by atoms with van der Waals surface area (Å²) in [4.78, 5) is 42.8. The number of nitro benzene ring substituents is 1. The number of halogens is 1. The Hall–Kier alpha value is -4.17. The fourth-order valence-corrected chi connectivity index (χ4v) is 5.98. The van der Waals surface area contributed by atoms with Gasteiger partial charge in [0.15, 0.2) is 27.8 Å². The number of hydrogen-bond donors (Lipinski definition) is 1. The molecule has 1 N–H and O–H groups in total. The number of nitro groups is 1. The molecule has 1 aliphatic rings. The van der Waals surface area contributed by atoms with Crippen LogP contribution in [0.25, 0.3) is 6.08 Å². The van der Waals surface area contributed by atoms with Crippen LogP contribution in [0.15, 0.2) is 49.8 Å². The highest BCUT2D eigenvalue weighted by Gasteiger charge is 2.35. The van der Waals surface area contributed by atoms with Crippen molar-refractivity contribution in [3.8, 4) is 23.0 Å². The highest BCUT2D eigenvalue weighted by molar-refractivity contribution is 9.10. The highest BCUT2D eigenvalue weighted by atomic mass is 79.9. The normalized spacial score (nSPS) is 14.8. The van der Waals surface area contributed by atoms with Crippen molar-refractivity contribution < 1.29 is 33.8 Å². The average Bonchev–Trinajstić information content (AvgIpc) is 3.23. The number of carbonyl (C=O) groups is 1. The van der Waals surface area contributed by atoms with Gasteiger partial charge in [-0.15, -0.1) is 0 Å². The van der Waals surface area contributed by atoms with E-state index >= 15 is 0 Å². The molecule has 216 valence electrons. The molecule has 0 saturated carbocycles. The third-order valence-electron chi connectivity index (χ3n) is 6.20. The molecule has 0 aliphatic carbocycles. The molecular weight excluding hydrogens is 622 g/mol. The second-order valence-corrected chi connectivity index (χ2v) is 10.5. The molecule has 1 aromatic heterocycles. The third-order valence-corrected chi connectivity index (χ3v) is 7.87. The molecule has 0 bridgehead atoms. The van der Waals surface area contributed by atoms with Gasteiger partial charge in [0.05, 0.1) is 60.3 Å². The quantitative estimate of drug-likeness (QED) is 0.209.